The molecule has 1 aromatic rings. The number of benzene rings is 1. The van der Waals surface area contributed by atoms with E-state index in [0.717, 1.165) is 5.56 Å². The highest BCUT2D eigenvalue weighted by Gasteiger charge is 2.16. The van der Waals surface area contributed by atoms with Crippen LogP contribution in [-0.2, 0) is 9.53 Å². The first-order chi connectivity index (χ1) is 8.60. The number of nitrogens with zero attached hydrogens (tertiary/aromatic N) is 1. The summed E-state index contributed by atoms with van der Waals surface area (Å²) in [5, 5.41) is 0. The summed E-state index contributed by atoms with van der Waals surface area (Å²) < 4.78 is 4.58. The van der Waals surface area contributed by atoms with Crippen LogP contribution in [0.2, 0.25) is 0 Å². The van der Waals surface area contributed by atoms with Crippen molar-refractivity contribution in [2.24, 2.45) is 0 Å². The summed E-state index contributed by atoms with van der Waals surface area (Å²) in [6.45, 7) is 4.76. The van der Waals surface area contributed by atoms with Crippen LogP contribution >= 0.6 is 0 Å². The van der Waals surface area contributed by atoms with Crippen LogP contribution in [0.1, 0.15) is 29.3 Å². The number of hydrogen-bond donors (Lipinski definition) is 0. The van der Waals surface area contributed by atoms with E-state index in [2.05, 4.69) is 4.74 Å². The highest BCUT2D eigenvalue weighted by Crippen LogP contribution is 2.11. The fourth-order valence-electron chi connectivity index (χ4n) is 1.71. The van der Waals surface area contributed by atoms with Crippen molar-refractivity contribution < 1.29 is 14.3 Å². The highest BCUT2D eigenvalue weighted by atomic mass is 16.5. The molecular weight excluding hydrogens is 230 g/mol. The molecule has 18 heavy (non-hydrogen) atoms. The lowest BCUT2D eigenvalue weighted by Crippen LogP contribution is -2.33. The predicted octanol–water partition coefficient (Wildman–Crippen LogP) is 2.02. The maximum atomic E-state index is 12.3. The zero-order valence-electron chi connectivity index (χ0n) is 11.1. The van der Waals surface area contributed by atoms with Crippen molar-refractivity contribution in [3.63, 3.8) is 0 Å². The van der Waals surface area contributed by atoms with Crippen LogP contribution in [-0.4, -0.2) is 37.0 Å². The topological polar surface area (TPSA) is 46.6 Å². The molecule has 0 atom stereocenters. The monoisotopic (exact) mass is 249 g/mol. The lowest BCUT2D eigenvalue weighted by atomic mass is 10.1. The van der Waals surface area contributed by atoms with Gasteiger partial charge in [0, 0.05) is 18.7 Å². The van der Waals surface area contributed by atoms with Gasteiger partial charge in [-0.1, -0.05) is 18.2 Å². The zero-order valence-corrected chi connectivity index (χ0v) is 11.1. The molecule has 0 radical (unpaired) electrons. The zero-order chi connectivity index (χ0) is 13.5. The predicted molar refractivity (Wildman–Crippen MR) is 69.4 cm³/mol. The lowest BCUT2D eigenvalue weighted by Gasteiger charge is -2.21. The Morgan fingerprint density at radius 2 is 1.94 bits per heavy atom. The number of rotatable bonds is 5. The first-order valence-corrected chi connectivity index (χ1v) is 6.01. The summed E-state index contributed by atoms with van der Waals surface area (Å²) in [6, 6.07) is 7.45. The summed E-state index contributed by atoms with van der Waals surface area (Å²) >= 11 is 0. The standard InChI is InChI=1S/C14H19NO3/c1-4-15(10-9-13(16)18-3)14(17)12-8-6-5-7-11(12)2/h5-8H,4,9-10H2,1-3H3. The highest BCUT2D eigenvalue weighted by molar-refractivity contribution is 5.95. The van der Waals surface area contributed by atoms with Crippen molar-refractivity contribution >= 4 is 11.9 Å². The van der Waals surface area contributed by atoms with Crippen molar-refractivity contribution in [2.45, 2.75) is 20.3 Å². The molecule has 0 fully saturated rings. The molecule has 1 aromatic carbocycles. The van der Waals surface area contributed by atoms with Gasteiger partial charge in [0.25, 0.3) is 5.91 Å². The van der Waals surface area contributed by atoms with E-state index in [-0.39, 0.29) is 18.3 Å². The molecule has 0 aromatic heterocycles. The second-order valence-corrected chi connectivity index (χ2v) is 4.03. The number of aryl methyl sites for hydroxylation is 1. The van der Waals surface area contributed by atoms with Gasteiger partial charge in [-0.25, -0.2) is 0 Å². The molecule has 0 aliphatic rings. The number of esters is 1. The van der Waals surface area contributed by atoms with Gasteiger partial charge >= 0.3 is 5.97 Å². The smallest absolute Gasteiger partial charge is 0.307 e. The van der Waals surface area contributed by atoms with Crippen LogP contribution in [0.4, 0.5) is 0 Å². The van der Waals surface area contributed by atoms with Gasteiger partial charge in [0.1, 0.15) is 0 Å². The summed E-state index contributed by atoms with van der Waals surface area (Å²) in [5.74, 6) is -0.342. The van der Waals surface area contributed by atoms with Crippen LogP contribution in [0.3, 0.4) is 0 Å². The first-order valence-electron chi connectivity index (χ1n) is 6.01. The minimum absolute atomic E-state index is 0.0421. The Morgan fingerprint density at radius 3 is 2.50 bits per heavy atom. The average molecular weight is 249 g/mol. The van der Waals surface area contributed by atoms with Crippen LogP contribution in [0.25, 0.3) is 0 Å². The van der Waals surface area contributed by atoms with Gasteiger partial charge in [-0.2, -0.15) is 0 Å². The van der Waals surface area contributed by atoms with E-state index in [1.54, 1.807) is 11.0 Å². The summed E-state index contributed by atoms with van der Waals surface area (Å²) in [6.07, 6.45) is 0.224. The SMILES string of the molecule is CCN(CCC(=O)OC)C(=O)c1ccccc1C. The quantitative estimate of drug-likeness (QED) is 0.750. The van der Waals surface area contributed by atoms with Gasteiger partial charge in [-0.05, 0) is 25.5 Å². The number of methoxy groups -OCH3 is 1. The number of carbonyl (C=O) groups excluding carboxylic acids is 2. The second-order valence-electron chi connectivity index (χ2n) is 4.03. The largest absolute Gasteiger partial charge is 0.469 e. The third-order valence-electron chi connectivity index (χ3n) is 2.86. The van der Waals surface area contributed by atoms with E-state index in [1.807, 2.05) is 32.0 Å². The Bertz CT molecular complexity index is 429. The van der Waals surface area contributed by atoms with Gasteiger partial charge < -0.3 is 9.64 Å². The molecule has 0 saturated carbocycles. The minimum atomic E-state index is -0.300. The van der Waals surface area contributed by atoms with Crippen molar-refractivity contribution in [3.05, 3.63) is 35.4 Å². The molecule has 98 valence electrons. The van der Waals surface area contributed by atoms with Gasteiger partial charge in [0.05, 0.1) is 13.5 Å². The molecule has 4 heteroatoms. The van der Waals surface area contributed by atoms with Crippen molar-refractivity contribution in [1.82, 2.24) is 4.90 Å². The fraction of sp³-hybridized carbons (Fsp3) is 0.429. The van der Waals surface area contributed by atoms with Crippen LogP contribution in [0.15, 0.2) is 24.3 Å². The van der Waals surface area contributed by atoms with E-state index in [1.165, 1.54) is 7.11 Å². The van der Waals surface area contributed by atoms with E-state index < -0.39 is 0 Å². The van der Waals surface area contributed by atoms with Crippen molar-refractivity contribution in [2.75, 3.05) is 20.2 Å². The number of amides is 1. The molecule has 0 heterocycles. The molecule has 0 spiro atoms. The summed E-state index contributed by atoms with van der Waals surface area (Å²) in [4.78, 5) is 25.0. The van der Waals surface area contributed by atoms with Gasteiger partial charge in [0.2, 0.25) is 0 Å². The van der Waals surface area contributed by atoms with Crippen molar-refractivity contribution in [1.29, 1.82) is 0 Å². The molecule has 0 aliphatic carbocycles. The van der Waals surface area contributed by atoms with Crippen molar-refractivity contribution in [3.8, 4) is 0 Å². The minimum Gasteiger partial charge on any atom is -0.469 e. The maximum absolute atomic E-state index is 12.3. The Balaban J connectivity index is 2.74. The Morgan fingerprint density at radius 1 is 1.28 bits per heavy atom. The normalized spacial score (nSPS) is 9.94. The van der Waals surface area contributed by atoms with Gasteiger partial charge in [0.15, 0.2) is 0 Å². The number of hydrogen-bond acceptors (Lipinski definition) is 3. The van der Waals surface area contributed by atoms with Crippen LogP contribution < -0.4 is 0 Å². The average Bonchev–Trinajstić information content (AvgIpc) is 2.39. The van der Waals surface area contributed by atoms with E-state index >= 15 is 0 Å². The lowest BCUT2D eigenvalue weighted by molar-refractivity contribution is -0.140. The number of ether oxygens (including phenoxy) is 1. The first kappa shape index (κ1) is 14.2. The summed E-state index contributed by atoms with van der Waals surface area (Å²) in [7, 11) is 1.35. The molecule has 0 unspecified atom stereocenters. The third kappa shape index (κ3) is 3.58. The third-order valence-corrected chi connectivity index (χ3v) is 2.86. The Kier molecular flexibility index (Phi) is 5.36. The molecular formula is C14H19NO3. The molecule has 0 saturated heterocycles. The van der Waals surface area contributed by atoms with Crippen LogP contribution in [0.5, 0.6) is 0 Å². The van der Waals surface area contributed by atoms with Crippen LogP contribution in [0, 0.1) is 6.92 Å². The van der Waals surface area contributed by atoms with E-state index in [4.69, 9.17) is 0 Å². The molecule has 0 bridgehead atoms. The Hall–Kier alpha value is -1.84. The van der Waals surface area contributed by atoms with Gasteiger partial charge in [-0.3, -0.25) is 9.59 Å². The second kappa shape index (κ2) is 6.79. The van der Waals surface area contributed by atoms with E-state index in [0.29, 0.717) is 18.7 Å². The van der Waals surface area contributed by atoms with E-state index in [9.17, 15) is 9.59 Å². The molecule has 1 rings (SSSR count). The maximum Gasteiger partial charge on any atom is 0.307 e. The fourth-order valence-corrected chi connectivity index (χ4v) is 1.71. The molecule has 1 amide bonds. The molecule has 4 nitrogen and oxygen atoms in total. The molecule has 0 N–H and O–H groups in total. The Labute approximate surface area is 108 Å². The van der Waals surface area contributed by atoms with Gasteiger partial charge in [-0.15, -0.1) is 0 Å². The number of carbonyl (C=O) groups is 2. The molecule has 0 aliphatic heterocycles. The summed E-state index contributed by atoms with van der Waals surface area (Å²) in [5.41, 5.74) is 1.63.